The third-order valence-electron chi connectivity index (χ3n) is 2.95. The molecule has 6 nitrogen and oxygen atoms in total. The molecule has 2 rings (SSSR count). The lowest BCUT2D eigenvalue weighted by molar-refractivity contribution is -0.384. The van der Waals surface area contributed by atoms with Crippen LogP contribution < -0.4 is 11.1 Å². The standard InChI is InChI=1S/C15H15N3O3S/c1-10-2-8-13(9-3-10)22-14(17-15(16)19)11-4-6-12(7-5-11)18(20)21/h2-9,14H,1H3,(H3,16,17,19). The molecule has 2 aromatic carbocycles. The van der Waals surface area contributed by atoms with Crippen LogP contribution in [0.4, 0.5) is 10.5 Å². The minimum Gasteiger partial charge on any atom is -0.352 e. The predicted octanol–water partition coefficient (Wildman–Crippen LogP) is 3.36. The number of benzene rings is 2. The smallest absolute Gasteiger partial charge is 0.313 e. The summed E-state index contributed by atoms with van der Waals surface area (Å²) >= 11 is 1.41. The molecule has 7 heteroatoms. The molecular formula is C15H15N3O3S. The highest BCUT2D eigenvalue weighted by molar-refractivity contribution is 7.99. The van der Waals surface area contributed by atoms with Crippen molar-refractivity contribution < 1.29 is 9.72 Å². The van der Waals surface area contributed by atoms with Gasteiger partial charge < -0.3 is 11.1 Å². The molecule has 0 aliphatic heterocycles. The lowest BCUT2D eigenvalue weighted by atomic mass is 10.2. The Balaban J connectivity index is 2.23. The first-order valence-corrected chi connectivity index (χ1v) is 7.37. The van der Waals surface area contributed by atoms with Gasteiger partial charge in [-0.3, -0.25) is 10.1 Å². The fourth-order valence-electron chi connectivity index (χ4n) is 1.83. The molecule has 2 aromatic rings. The van der Waals surface area contributed by atoms with Crippen LogP contribution in [0.15, 0.2) is 53.4 Å². The number of non-ortho nitro benzene ring substituents is 1. The van der Waals surface area contributed by atoms with E-state index >= 15 is 0 Å². The normalized spacial score (nSPS) is 11.7. The molecule has 3 N–H and O–H groups in total. The van der Waals surface area contributed by atoms with Gasteiger partial charge in [0.1, 0.15) is 5.37 Å². The Morgan fingerprint density at radius 3 is 2.27 bits per heavy atom. The van der Waals surface area contributed by atoms with E-state index in [0.29, 0.717) is 0 Å². The largest absolute Gasteiger partial charge is 0.352 e. The van der Waals surface area contributed by atoms with Crippen molar-refractivity contribution in [2.75, 3.05) is 0 Å². The van der Waals surface area contributed by atoms with Crippen LogP contribution in [-0.4, -0.2) is 11.0 Å². The van der Waals surface area contributed by atoms with Crippen LogP contribution in [0.1, 0.15) is 16.5 Å². The number of aryl methyl sites for hydroxylation is 1. The zero-order valence-electron chi connectivity index (χ0n) is 11.9. The van der Waals surface area contributed by atoms with Gasteiger partial charge in [0, 0.05) is 17.0 Å². The third kappa shape index (κ3) is 4.23. The summed E-state index contributed by atoms with van der Waals surface area (Å²) in [5.41, 5.74) is 7.09. The summed E-state index contributed by atoms with van der Waals surface area (Å²) < 4.78 is 0. The van der Waals surface area contributed by atoms with Crippen LogP contribution in [0.5, 0.6) is 0 Å². The quantitative estimate of drug-likeness (QED) is 0.382. The molecule has 0 saturated carbocycles. The third-order valence-corrected chi connectivity index (χ3v) is 4.12. The molecule has 22 heavy (non-hydrogen) atoms. The first-order valence-electron chi connectivity index (χ1n) is 6.49. The molecule has 0 aliphatic carbocycles. The molecule has 0 radical (unpaired) electrons. The highest BCUT2D eigenvalue weighted by atomic mass is 32.2. The number of nitrogens with one attached hydrogen (secondary N) is 1. The van der Waals surface area contributed by atoms with Crippen LogP contribution in [0.2, 0.25) is 0 Å². The Hall–Kier alpha value is -2.54. The van der Waals surface area contributed by atoms with Gasteiger partial charge in [-0.15, -0.1) is 0 Å². The first kappa shape index (κ1) is 15.8. The molecule has 0 aromatic heterocycles. The summed E-state index contributed by atoms with van der Waals surface area (Å²) in [6, 6.07) is 13.2. The summed E-state index contributed by atoms with van der Waals surface area (Å²) in [6.45, 7) is 1.99. The fourth-order valence-corrected chi connectivity index (χ4v) is 2.87. The van der Waals surface area contributed by atoms with Gasteiger partial charge >= 0.3 is 6.03 Å². The number of thioether (sulfide) groups is 1. The zero-order chi connectivity index (χ0) is 16.1. The number of carbonyl (C=O) groups excluding carboxylic acids is 1. The SMILES string of the molecule is Cc1ccc(SC(NC(N)=O)c2ccc([N+](=O)[O-])cc2)cc1. The Morgan fingerprint density at radius 2 is 1.77 bits per heavy atom. The number of nitro groups is 1. The Kier molecular flexibility index (Phi) is 5.00. The number of primary amides is 1. The summed E-state index contributed by atoms with van der Waals surface area (Å²) in [6.07, 6.45) is 0. The first-order chi connectivity index (χ1) is 10.5. The topological polar surface area (TPSA) is 98.3 Å². The number of hydrogen-bond acceptors (Lipinski definition) is 4. The predicted molar refractivity (Wildman–Crippen MR) is 85.6 cm³/mol. The van der Waals surface area contributed by atoms with Crippen molar-refractivity contribution in [2.24, 2.45) is 5.73 Å². The molecule has 0 fully saturated rings. The van der Waals surface area contributed by atoms with E-state index in [2.05, 4.69) is 5.32 Å². The van der Waals surface area contributed by atoms with Crippen molar-refractivity contribution >= 4 is 23.5 Å². The monoisotopic (exact) mass is 317 g/mol. The summed E-state index contributed by atoms with van der Waals surface area (Å²) in [7, 11) is 0. The highest BCUT2D eigenvalue weighted by Gasteiger charge is 2.16. The van der Waals surface area contributed by atoms with E-state index in [1.807, 2.05) is 31.2 Å². The molecule has 2 amide bonds. The van der Waals surface area contributed by atoms with Crippen LogP contribution >= 0.6 is 11.8 Å². The van der Waals surface area contributed by atoms with Crippen LogP contribution in [0.3, 0.4) is 0 Å². The van der Waals surface area contributed by atoms with Crippen molar-refractivity contribution in [3.63, 3.8) is 0 Å². The maximum absolute atomic E-state index is 11.2. The van der Waals surface area contributed by atoms with E-state index in [0.717, 1.165) is 16.0 Å². The van der Waals surface area contributed by atoms with Crippen molar-refractivity contribution in [2.45, 2.75) is 17.2 Å². The minimum atomic E-state index is -0.650. The molecule has 0 bridgehead atoms. The molecule has 0 aliphatic rings. The van der Waals surface area contributed by atoms with E-state index in [-0.39, 0.29) is 5.69 Å². The average Bonchev–Trinajstić information content (AvgIpc) is 2.48. The number of urea groups is 1. The molecular weight excluding hydrogens is 302 g/mol. The molecule has 114 valence electrons. The second-order valence-electron chi connectivity index (χ2n) is 4.67. The molecule has 0 spiro atoms. The molecule has 0 heterocycles. The van der Waals surface area contributed by atoms with Gasteiger partial charge in [0.05, 0.1) is 4.92 Å². The van der Waals surface area contributed by atoms with Crippen LogP contribution in [0.25, 0.3) is 0 Å². The number of nitro benzene ring substituents is 1. The van der Waals surface area contributed by atoms with Crippen molar-refractivity contribution in [3.05, 3.63) is 69.8 Å². The Morgan fingerprint density at radius 1 is 1.18 bits per heavy atom. The Bertz CT molecular complexity index is 671. The van der Waals surface area contributed by atoms with Crippen molar-refractivity contribution in [1.29, 1.82) is 0 Å². The van der Waals surface area contributed by atoms with Gasteiger partial charge in [-0.2, -0.15) is 0 Å². The molecule has 1 unspecified atom stereocenters. The number of nitrogens with two attached hydrogens (primary N) is 1. The highest BCUT2D eigenvalue weighted by Crippen LogP contribution is 2.33. The van der Waals surface area contributed by atoms with Gasteiger partial charge in [0.15, 0.2) is 0 Å². The lowest BCUT2D eigenvalue weighted by Gasteiger charge is -2.17. The van der Waals surface area contributed by atoms with E-state index < -0.39 is 16.3 Å². The Labute approximate surface area is 131 Å². The molecule has 0 saturated heterocycles. The average molecular weight is 317 g/mol. The lowest BCUT2D eigenvalue weighted by Crippen LogP contribution is -2.31. The zero-order valence-corrected chi connectivity index (χ0v) is 12.7. The maximum atomic E-state index is 11.2. The number of nitrogens with zero attached hydrogens (tertiary/aromatic N) is 1. The maximum Gasteiger partial charge on any atom is 0.313 e. The number of hydrogen-bond donors (Lipinski definition) is 2. The number of carbonyl (C=O) groups is 1. The van der Waals surface area contributed by atoms with Crippen molar-refractivity contribution in [1.82, 2.24) is 5.32 Å². The van der Waals surface area contributed by atoms with Crippen molar-refractivity contribution in [3.8, 4) is 0 Å². The second kappa shape index (κ2) is 6.95. The van der Waals surface area contributed by atoms with Crippen LogP contribution in [0, 0.1) is 17.0 Å². The molecule has 1 atom stereocenters. The summed E-state index contributed by atoms with van der Waals surface area (Å²) in [5.74, 6) is 0. The number of amides is 2. The fraction of sp³-hybridized carbons (Fsp3) is 0.133. The van der Waals surface area contributed by atoms with Gasteiger partial charge in [0.2, 0.25) is 0 Å². The van der Waals surface area contributed by atoms with E-state index in [1.165, 1.54) is 23.9 Å². The van der Waals surface area contributed by atoms with Gasteiger partial charge in [-0.05, 0) is 36.8 Å². The van der Waals surface area contributed by atoms with Crippen LogP contribution in [-0.2, 0) is 0 Å². The second-order valence-corrected chi connectivity index (χ2v) is 5.85. The van der Waals surface area contributed by atoms with E-state index in [1.54, 1.807) is 12.1 Å². The van der Waals surface area contributed by atoms with Gasteiger partial charge in [-0.1, -0.05) is 29.5 Å². The summed E-state index contributed by atoms with van der Waals surface area (Å²) in [5, 5.41) is 12.9. The van der Waals surface area contributed by atoms with Gasteiger partial charge in [-0.25, -0.2) is 4.79 Å². The van der Waals surface area contributed by atoms with E-state index in [4.69, 9.17) is 5.73 Å². The minimum absolute atomic E-state index is 0.00177. The van der Waals surface area contributed by atoms with E-state index in [9.17, 15) is 14.9 Å². The number of rotatable bonds is 5. The van der Waals surface area contributed by atoms with Gasteiger partial charge in [0.25, 0.3) is 5.69 Å². The summed E-state index contributed by atoms with van der Waals surface area (Å²) in [4.78, 5) is 22.4.